The average Bonchev–Trinajstić information content (AvgIpc) is 0. The fraction of sp³-hybridized carbons (Fsp3) is 0. The number of rotatable bonds is 0. The molecule has 4 N–H and O–H groups in total. The first-order chi connectivity index (χ1) is 0. The van der Waals surface area contributed by atoms with Crippen LogP contribution in [-0.4, -0.2) is 49.2 Å². The quantitative estimate of drug-likeness (QED) is 0.521. The molecule has 0 aliphatic rings. The van der Waals surface area contributed by atoms with Crippen molar-refractivity contribution in [3.05, 3.63) is 0 Å². The van der Waals surface area contributed by atoms with E-state index in [4.69, 9.17) is 0 Å². The van der Waals surface area contributed by atoms with E-state index in [2.05, 4.69) is 0 Å². The maximum atomic E-state index is 0. The van der Waals surface area contributed by atoms with Crippen LogP contribution in [0.4, 0.5) is 0 Å². The molecule has 0 unspecified atom stereocenters. The average molecular weight is 275 g/mol. The topological polar surface area (TPSA) is 120 Å². The summed E-state index contributed by atoms with van der Waals surface area (Å²) in [7, 11) is 0. The van der Waals surface area contributed by atoms with Crippen LogP contribution in [0.1, 0.15) is 0 Å². The third-order valence-electron chi connectivity index (χ3n) is 0. The molecule has 0 aromatic carbocycles. The molecule has 0 radical (unpaired) electrons. The summed E-state index contributed by atoms with van der Waals surface area (Å²) in [6.45, 7) is 0. The predicted molar refractivity (Wildman–Crippen MR) is 13.5 cm³/mol. The SMILES string of the molecule is [OH-].[OH-].[OH-].[OH-].[Pb+4]. The molecular formula is H4O4Pb. The van der Waals surface area contributed by atoms with E-state index in [0.717, 1.165) is 0 Å². The molecule has 0 aromatic heterocycles. The van der Waals surface area contributed by atoms with E-state index in [1.54, 1.807) is 0 Å². The maximum absolute atomic E-state index is 0. The summed E-state index contributed by atoms with van der Waals surface area (Å²) in [5, 5.41) is 0. The fourth-order valence-corrected chi connectivity index (χ4v) is 0. The minimum Gasteiger partial charge on any atom is -0.870 e. The molecule has 0 aliphatic heterocycles. The molecule has 0 atom stereocenters. The van der Waals surface area contributed by atoms with Crippen LogP contribution in [0.25, 0.3) is 0 Å². The summed E-state index contributed by atoms with van der Waals surface area (Å²) in [6.07, 6.45) is 0. The minimum absolute atomic E-state index is 0. The van der Waals surface area contributed by atoms with Crippen LogP contribution in [0.5, 0.6) is 0 Å². The zero-order valence-electron chi connectivity index (χ0n) is 2.29. The molecular weight excluding hydrogens is 271 g/mol. The van der Waals surface area contributed by atoms with Crippen molar-refractivity contribution in [3.8, 4) is 0 Å². The summed E-state index contributed by atoms with van der Waals surface area (Å²) in [5.74, 6) is 0. The van der Waals surface area contributed by atoms with Gasteiger partial charge in [0, 0.05) is 0 Å². The van der Waals surface area contributed by atoms with E-state index in [0.29, 0.717) is 0 Å². The maximum Gasteiger partial charge on any atom is 4.00 e. The minimum atomic E-state index is 0. The van der Waals surface area contributed by atoms with Crippen LogP contribution in [-0.2, 0) is 0 Å². The molecule has 0 aliphatic carbocycles. The molecule has 0 fully saturated rings. The molecule has 0 saturated heterocycles. The molecule has 5 heavy (non-hydrogen) atoms. The molecule has 0 aromatic rings. The summed E-state index contributed by atoms with van der Waals surface area (Å²) in [4.78, 5) is 0. The summed E-state index contributed by atoms with van der Waals surface area (Å²) in [5.41, 5.74) is 0. The zero-order chi connectivity index (χ0) is 0. The fourth-order valence-electron chi connectivity index (χ4n) is 0. The van der Waals surface area contributed by atoms with Crippen molar-refractivity contribution in [2.45, 2.75) is 0 Å². The Kier molecular flexibility index (Phi) is 5220. The van der Waals surface area contributed by atoms with Gasteiger partial charge in [0.25, 0.3) is 0 Å². The monoisotopic (exact) mass is 276 g/mol. The van der Waals surface area contributed by atoms with Gasteiger partial charge in [0.05, 0.1) is 0 Å². The van der Waals surface area contributed by atoms with Crippen molar-refractivity contribution < 1.29 is 21.9 Å². The van der Waals surface area contributed by atoms with Gasteiger partial charge in [-0.25, -0.2) is 0 Å². The van der Waals surface area contributed by atoms with E-state index >= 15 is 0 Å². The Morgan fingerprint density at radius 2 is 0.400 bits per heavy atom. The Balaban J connectivity index is 0. The van der Waals surface area contributed by atoms with Crippen molar-refractivity contribution in [3.63, 3.8) is 0 Å². The molecule has 5 heteroatoms. The van der Waals surface area contributed by atoms with Crippen LogP contribution in [0.3, 0.4) is 0 Å². The van der Waals surface area contributed by atoms with Gasteiger partial charge in [-0.05, 0) is 0 Å². The van der Waals surface area contributed by atoms with E-state index in [9.17, 15) is 0 Å². The van der Waals surface area contributed by atoms with Gasteiger partial charge in [-0.3, -0.25) is 0 Å². The largest absolute Gasteiger partial charge is 4.00 e. The molecule has 4 nitrogen and oxygen atoms in total. The summed E-state index contributed by atoms with van der Waals surface area (Å²) < 4.78 is 0. The van der Waals surface area contributed by atoms with Crippen molar-refractivity contribution in [2.24, 2.45) is 0 Å². The van der Waals surface area contributed by atoms with Crippen LogP contribution in [0.2, 0.25) is 0 Å². The second-order valence-corrected chi connectivity index (χ2v) is 0. The molecule has 0 spiro atoms. The first-order valence-corrected chi connectivity index (χ1v) is 0. The van der Waals surface area contributed by atoms with Crippen LogP contribution in [0, 0.1) is 0 Å². The number of hydrogen-bond acceptors (Lipinski definition) is 4. The van der Waals surface area contributed by atoms with Crippen molar-refractivity contribution >= 4 is 27.3 Å². The van der Waals surface area contributed by atoms with E-state index in [-0.39, 0.29) is 49.2 Å². The van der Waals surface area contributed by atoms with Gasteiger partial charge in [0.1, 0.15) is 0 Å². The first-order valence-electron chi connectivity index (χ1n) is 0. The molecule has 0 saturated carbocycles. The van der Waals surface area contributed by atoms with E-state index in [1.807, 2.05) is 0 Å². The van der Waals surface area contributed by atoms with Crippen LogP contribution < -0.4 is 0 Å². The van der Waals surface area contributed by atoms with Gasteiger partial charge in [0.15, 0.2) is 0 Å². The number of hydrogen-bond donors (Lipinski definition) is 0. The standard InChI is InChI=1S/4H2O.Pb/h4*1H2;/q;;;;+4/p-4. The predicted octanol–water partition coefficient (Wildman–Crippen LogP) is -1.09. The van der Waals surface area contributed by atoms with Crippen molar-refractivity contribution in [2.75, 3.05) is 0 Å². The van der Waals surface area contributed by atoms with Crippen LogP contribution in [0.15, 0.2) is 0 Å². The van der Waals surface area contributed by atoms with Gasteiger partial charge in [-0.15, -0.1) is 0 Å². The van der Waals surface area contributed by atoms with Crippen molar-refractivity contribution in [1.29, 1.82) is 0 Å². The van der Waals surface area contributed by atoms with Gasteiger partial charge >= 0.3 is 27.3 Å². The van der Waals surface area contributed by atoms with Gasteiger partial charge < -0.3 is 21.9 Å². The van der Waals surface area contributed by atoms with Gasteiger partial charge in [-0.1, -0.05) is 0 Å². The Labute approximate surface area is 49.6 Å². The smallest absolute Gasteiger partial charge is 0.870 e. The summed E-state index contributed by atoms with van der Waals surface area (Å²) in [6, 6.07) is 0. The second-order valence-electron chi connectivity index (χ2n) is 0. The molecule has 0 amide bonds. The third kappa shape index (κ3) is 62.6. The van der Waals surface area contributed by atoms with E-state index in [1.165, 1.54) is 0 Å². The molecule has 32 valence electrons. The Hall–Kier alpha value is 0.762. The Bertz CT molecular complexity index is 3.61. The third-order valence-corrected chi connectivity index (χ3v) is 0. The van der Waals surface area contributed by atoms with E-state index < -0.39 is 0 Å². The molecule has 0 heterocycles. The molecule has 0 bridgehead atoms. The molecule has 0 rings (SSSR count). The normalized spacial score (nSPS) is 0. The van der Waals surface area contributed by atoms with Crippen LogP contribution >= 0.6 is 0 Å². The Morgan fingerprint density at radius 1 is 0.400 bits per heavy atom. The van der Waals surface area contributed by atoms with Gasteiger partial charge in [-0.2, -0.15) is 0 Å². The zero-order valence-corrected chi connectivity index (χ0v) is 6.18. The van der Waals surface area contributed by atoms with Crippen molar-refractivity contribution in [1.82, 2.24) is 0 Å². The first kappa shape index (κ1) is 225. The van der Waals surface area contributed by atoms with Gasteiger partial charge in [0.2, 0.25) is 0 Å². The second kappa shape index (κ2) is 116. The Morgan fingerprint density at radius 3 is 0.400 bits per heavy atom. The summed E-state index contributed by atoms with van der Waals surface area (Å²) >= 11 is 0.